The first-order chi connectivity index (χ1) is 12.2. The van der Waals surface area contributed by atoms with E-state index >= 15 is 0 Å². The predicted molar refractivity (Wildman–Crippen MR) is 91.4 cm³/mol. The molecule has 25 heavy (non-hydrogen) atoms. The van der Waals surface area contributed by atoms with Crippen LogP contribution >= 0.6 is 0 Å². The molecule has 0 bridgehead atoms. The van der Waals surface area contributed by atoms with Gasteiger partial charge in [0.25, 0.3) is 0 Å². The number of nitrogens with one attached hydrogen (secondary N) is 1. The first-order valence-electron chi connectivity index (χ1n) is 8.38. The number of benzene rings is 1. The minimum Gasteiger partial charge on any atom is -0.490 e. The van der Waals surface area contributed by atoms with Gasteiger partial charge in [0.2, 0.25) is 0 Å². The van der Waals surface area contributed by atoms with Gasteiger partial charge in [0.15, 0.2) is 5.76 Å². The maximum Gasteiger partial charge on any atom is 0.162 e. The fourth-order valence-corrected chi connectivity index (χ4v) is 3.22. The van der Waals surface area contributed by atoms with E-state index in [2.05, 4.69) is 15.0 Å². The number of nitrogens with zero attached hydrogens (tertiary/aromatic N) is 2. The Morgan fingerprint density at radius 3 is 3.04 bits per heavy atom. The summed E-state index contributed by atoms with van der Waals surface area (Å²) in [5.41, 5.74) is 1.89. The highest BCUT2D eigenvalue weighted by Crippen LogP contribution is 2.27. The van der Waals surface area contributed by atoms with Crippen LogP contribution in [0.2, 0.25) is 0 Å². The van der Waals surface area contributed by atoms with Gasteiger partial charge in [-0.2, -0.15) is 0 Å². The van der Waals surface area contributed by atoms with E-state index < -0.39 is 6.10 Å². The second-order valence-corrected chi connectivity index (χ2v) is 6.45. The van der Waals surface area contributed by atoms with Gasteiger partial charge in [-0.05, 0) is 18.2 Å². The molecule has 1 aliphatic rings. The molecule has 1 fully saturated rings. The Morgan fingerprint density at radius 1 is 1.36 bits per heavy atom. The first kappa shape index (κ1) is 16.1. The van der Waals surface area contributed by atoms with Crippen molar-refractivity contribution in [3.8, 4) is 5.75 Å². The van der Waals surface area contributed by atoms with Crippen LogP contribution in [0.15, 0.2) is 41.1 Å². The minimum atomic E-state index is -0.555. The van der Waals surface area contributed by atoms with Gasteiger partial charge >= 0.3 is 0 Å². The van der Waals surface area contributed by atoms with Crippen molar-refractivity contribution in [3.05, 3.63) is 48.0 Å². The molecule has 1 aliphatic heterocycles. The van der Waals surface area contributed by atoms with Crippen molar-refractivity contribution in [1.29, 1.82) is 0 Å². The van der Waals surface area contributed by atoms with E-state index in [1.807, 2.05) is 30.5 Å². The van der Waals surface area contributed by atoms with Crippen molar-refractivity contribution in [2.45, 2.75) is 18.6 Å². The highest BCUT2D eigenvalue weighted by atomic mass is 16.5. The summed E-state index contributed by atoms with van der Waals surface area (Å²) < 4.78 is 10.8. The zero-order valence-corrected chi connectivity index (χ0v) is 13.8. The topological polar surface area (TPSA) is 94.8 Å². The normalized spacial score (nSPS) is 16.9. The number of rotatable bonds is 7. The molecule has 0 saturated carbocycles. The van der Waals surface area contributed by atoms with Crippen molar-refractivity contribution in [2.75, 3.05) is 26.2 Å². The van der Waals surface area contributed by atoms with Gasteiger partial charge < -0.3 is 24.5 Å². The number of hydrogen-bond acceptors (Lipinski definition) is 6. The Balaban J connectivity index is 1.25. The van der Waals surface area contributed by atoms with Crippen molar-refractivity contribution in [1.82, 2.24) is 15.0 Å². The predicted octanol–water partition coefficient (Wildman–Crippen LogP) is 1.49. The molecule has 3 N–H and O–H groups in total. The number of ether oxygens (including phenoxy) is 1. The van der Waals surface area contributed by atoms with Gasteiger partial charge in [0, 0.05) is 48.7 Å². The summed E-state index contributed by atoms with van der Waals surface area (Å²) in [7, 11) is 0. The molecule has 1 aromatic carbocycles. The number of H-pyrrole nitrogens is 1. The number of likely N-dealkylation sites (tertiary alicyclic amines) is 1. The Labute approximate surface area is 144 Å². The number of aromatic nitrogens is 2. The molecule has 3 heterocycles. The lowest BCUT2D eigenvalue weighted by atomic mass is 9.96. The summed E-state index contributed by atoms with van der Waals surface area (Å²) in [4.78, 5) is 5.30. The number of hydrogen-bond donors (Lipinski definition) is 3. The van der Waals surface area contributed by atoms with Crippen LogP contribution in [-0.4, -0.2) is 57.6 Å². The summed E-state index contributed by atoms with van der Waals surface area (Å²) in [6.07, 6.45) is 1.32. The van der Waals surface area contributed by atoms with E-state index in [1.165, 1.54) is 0 Å². The third-order valence-electron chi connectivity index (χ3n) is 4.56. The minimum absolute atomic E-state index is 0.132. The van der Waals surface area contributed by atoms with Crippen LogP contribution in [0.3, 0.4) is 0 Å². The van der Waals surface area contributed by atoms with Crippen LogP contribution in [-0.2, 0) is 6.61 Å². The second-order valence-electron chi connectivity index (χ2n) is 6.45. The number of fused-ring (bicyclic) bond motifs is 1. The number of aliphatic hydroxyl groups is 2. The molecule has 132 valence electrons. The summed E-state index contributed by atoms with van der Waals surface area (Å²) >= 11 is 0. The molecule has 3 aromatic rings. The molecule has 1 atom stereocenters. The maximum absolute atomic E-state index is 10.2. The Kier molecular flexibility index (Phi) is 4.44. The van der Waals surface area contributed by atoms with E-state index in [9.17, 15) is 5.11 Å². The average Bonchev–Trinajstić information content (AvgIpc) is 3.24. The maximum atomic E-state index is 10.2. The zero-order chi connectivity index (χ0) is 17.2. The molecule has 2 aromatic heterocycles. The van der Waals surface area contributed by atoms with Crippen molar-refractivity contribution >= 4 is 10.9 Å². The lowest BCUT2D eigenvalue weighted by Gasteiger charge is -2.39. The highest BCUT2D eigenvalue weighted by molar-refractivity contribution is 5.85. The van der Waals surface area contributed by atoms with E-state index in [1.54, 1.807) is 6.07 Å². The molecule has 1 saturated heterocycles. The van der Waals surface area contributed by atoms with E-state index in [-0.39, 0.29) is 13.2 Å². The van der Waals surface area contributed by atoms with Gasteiger partial charge in [0.05, 0.1) is 5.69 Å². The van der Waals surface area contributed by atoms with Crippen LogP contribution in [0.25, 0.3) is 10.9 Å². The summed E-state index contributed by atoms with van der Waals surface area (Å²) in [5, 5.41) is 24.2. The summed E-state index contributed by atoms with van der Waals surface area (Å²) in [6, 6.07) is 9.59. The van der Waals surface area contributed by atoms with Crippen molar-refractivity contribution in [3.63, 3.8) is 0 Å². The molecule has 7 nitrogen and oxygen atoms in total. The van der Waals surface area contributed by atoms with Crippen LogP contribution in [0.1, 0.15) is 17.4 Å². The number of aromatic amines is 1. The lowest BCUT2D eigenvalue weighted by molar-refractivity contribution is 0.0365. The van der Waals surface area contributed by atoms with Gasteiger partial charge in [0.1, 0.15) is 25.1 Å². The second kappa shape index (κ2) is 6.87. The smallest absolute Gasteiger partial charge is 0.162 e. The quantitative estimate of drug-likeness (QED) is 0.602. The first-order valence-corrected chi connectivity index (χ1v) is 8.38. The van der Waals surface area contributed by atoms with E-state index in [0.717, 1.165) is 35.4 Å². The molecule has 0 amide bonds. The van der Waals surface area contributed by atoms with Gasteiger partial charge in [-0.25, -0.2) is 0 Å². The van der Waals surface area contributed by atoms with Crippen molar-refractivity contribution in [2.24, 2.45) is 0 Å². The SMILES string of the molecule is OCc1cc(C2CN(CC(O)COc3cccc4[nH]ccc34)C2)no1. The molecular formula is C18H21N3O4. The Morgan fingerprint density at radius 2 is 2.24 bits per heavy atom. The van der Waals surface area contributed by atoms with E-state index in [0.29, 0.717) is 18.2 Å². The molecule has 1 unspecified atom stereocenters. The fourth-order valence-electron chi connectivity index (χ4n) is 3.22. The van der Waals surface area contributed by atoms with Crippen LogP contribution in [0.4, 0.5) is 0 Å². The van der Waals surface area contributed by atoms with Crippen LogP contribution in [0, 0.1) is 0 Å². The average molecular weight is 343 g/mol. The Bertz CT molecular complexity index is 838. The van der Waals surface area contributed by atoms with Gasteiger partial charge in [-0.15, -0.1) is 0 Å². The number of β-amino-alcohol motifs (C(OH)–C–C–N with tert-alkyl or cyclic N) is 1. The van der Waals surface area contributed by atoms with Crippen molar-refractivity contribution < 1.29 is 19.5 Å². The molecule has 0 spiro atoms. The third kappa shape index (κ3) is 3.39. The summed E-state index contributed by atoms with van der Waals surface area (Å²) in [5.74, 6) is 1.56. The van der Waals surface area contributed by atoms with Gasteiger partial charge in [-0.1, -0.05) is 11.2 Å². The Hall–Kier alpha value is -2.35. The van der Waals surface area contributed by atoms with Crippen LogP contribution in [0.5, 0.6) is 5.75 Å². The molecule has 7 heteroatoms. The standard InChI is InChI=1S/C18H21N3O4/c22-10-14-6-17(20-25-14)12-7-21(8-12)9-13(23)11-24-18-3-1-2-16-15(18)4-5-19-16/h1-6,12-13,19,22-23H,7-11H2. The molecule has 0 aliphatic carbocycles. The highest BCUT2D eigenvalue weighted by Gasteiger charge is 2.31. The van der Waals surface area contributed by atoms with Crippen LogP contribution < -0.4 is 4.74 Å². The monoisotopic (exact) mass is 343 g/mol. The van der Waals surface area contributed by atoms with E-state index in [4.69, 9.17) is 14.4 Å². The molecule has 0 radical (unpaired) electrons. The molecule has 4 rings (SSSR count). The van der Waals surface area contributed by atoms with Gasteiger partial charge in [-0.3, -0.25) is 4.90 Å². The largest absolute Gasteiger partial charge is 0.490 e. The third-order valence-corrected chi connectivity index (χ3v) is 4.56. The zero-order valence-electron chi connectivity index (χ0n) is 13.8. The fraction of sp³-hybridized carbons (Fsp3) is 0.389. The lowest BCUT2D eigenvalue weighted by Crippen LogP contribution is -2.49. The number of aliphatic hydroxyl groups excluding tert-OH is 2. The molecular weight excluding hydrogens is 322 g/mol. The summed E-state index contributed by atoms with van der Waals surface area (Å²) in [6.45, 7) is 2.32.